The molecule has 168 valence electrons. The highest BCUT2D eigenvalue weighted by atomic mass is 32.2. The third-order valence-corrected chi connectivity index (χ3v) is 6.63. The molecule has 0 fully saturated rings. The van der Waals surface area contributed by atoms with Gasteiger partial charge >= 0.3 is 0 Å². The van der Waals surface area contributed by atoms with Gasteiger partial charge in [0.1, 0.15) is 5.75 Å². The van der Waals surface area contributed by atoms with Crippen molar-refractivity contribution in [3.63, 3.8) is 0 Å². The SMILES string of the molecule is COc1ccc(C=C2Sc3ccc(C(=O)NCCc4ccc(C)cc4)cc3N(C)C2=O)cc1. The van der Waals surface area contributed by atoms with Crippen molar-refractivity contribution < 1.29 is 14.3 Å². The van der Waals surface area contributed by atoms with Crippen molar-refractivity contribution in [2.24, 2.45) is 0 Å². The second-order valence-corrected chi connectivity index (χ2v) is 9.01. The van der Waals surface area contributed by atoms with Gasteiger partial charge in [-0.15, -0.1) is 0 Å². The number of fused-ring (bicyclic) bond motifs is 1. The van der Waals surface area contributed by atoms with Gasteiger partial charge in [-0.2, -0.15) is 0 Å². The Bertz CT molecular complexity index is 1200. The van der Waals surface area contributed by atoms with E-state index < -0.39 is 0 Å². The Kier molecular flexibility index (Phi) is 6.84. The lowest BCUT2D eigenvalue weighted by Crippen LogP contribution is -2.31. The van der Waals surface area contributed by atoms with E-state index in [2.05, 4.69) is 36.5 Å². The van der Waals surface area contributed by atoms with Crippen LogP contribution in [0.2, 0.25) is 0 Å². The van der Waals surface area contributed by atoms with Crippen molar-refractivity contribution in [3.05, 3.63) is 93.9 Å². The number of anilines is 1. The molecule has 2 amide bonds. The molecule has 5 nitrogen and oxygen atoms in total. The number of amides is 2. The van der Waals surface area contributed by atoms with E-state index >= 15 is 0 Å². The number of hydrogen-bond acceptors (Lipinski definition) is 4. The van der Waals surface area contributed by atoms with Crippen molar-refractivity contribution in [3.8, 4) is 5.75 Å². The number of rotatable bonds is 6. The molecule has 3 aromatic carbocycles. The van der Waals surface area contributed by atoms with Crippen molar-refractivity contribution in [2.75, 3.05) is 25.6 Å². The maximum absolute atomic E-state index is 13.0. The number of ether oxygens (including phenoxy) is 1. The lowest BCUT2D eigenvalue weighted by Gasteiger charge is -2.27. The highest BCUT2D eigenvalue weighted by molar-refractivity contribution is 8.04. The van der Waals surface area contributed by atoms with Crippen LogP contribution in [0.1, 0.15) is 27.0 Å². The maximum Gasteiger partial charge on any atom is 0.264 e. The topological polar surface area (TPSA) is 58.6 Å². The molecule has 33 heavy (non-hydrogen) atoms. The van der Waals surface area contributed by atoms with Gasteiger partial charge in [-0.3, -0.25) is 9.59 Å². The molecule has 0 atom stereocenters. The Morgan fingerprint density at radius 3 is 2.48 bits per heavy atom. The Morgan fingerprint density at radius 2 is 1.79 bits per heavy atom. The Balaban J connectivity index is 1.45. The van der Waals surface area contributed by atoms with Crippen molar-refractivity contribution in [2.45, 2.75) is 18.2 Å². The molecule has 0 saturated heterocycles. The lowest BCUT2D eigenvalue weighted by molar-refractivity contribution is -0.114. The van der Waals surface area contributed by atoms with Gasteiger partial charge in [0.25, 0.3) is 11.8 Å². The fraction of sp³-hybridized carbons (Fsp3) is 0.185. The summed E-state index contributed by atoms with van der Waals surface area (Å²) in [6, 6.07) is 21.4. The summed E-state index contributed by atoms with van der Waals surface area (Å²) in [6.07, 6.45) is 2.64. The first-order chi connectivity index (χ1) is 15.9. The highest BCUT2D eigenvalue weighted by Gasteiger charge is 2.27. The van der Waals surface area contributed by atoms with E-state index in [9.17, 15) is 9.59 Å². The first kappa shape index (κ1) is 22.7. The summed E-state index contributed by atoms with van der Waals surface area (Å²) in [7, 11) is 3.36. The van der Waals surface area contributed by atoms with Gasteiger partial charge in [-0.05, 0) is 60.9 Å². The molecular weight excluding hydrogens is 432 g/mol. The van der Waals surface area contributed by atoms with Gasteiger partial charge < -0.3 is 15.0 Å². The lowest BCUT2D eigenvalue weighted by atomic mass is 10.1. The number of methoxy groups -OCH3 is 1. The predicted molar refractivity (Wildman–Crippen MR) is 134 cm³/mol. The standard InChI is InChI=1S/C27H26N2O3S/c1-18-4-6-19(7-5-18)14-15-28-26(30)21-10-13-24-23(17-21)29(2)27(31)25(33-24)16-20-8-11-22(32-3)12-9-20/h4-13,16-17H,14-15H2,1-3H3,(H,28,30). The zero-order chi connectivity index (χ0) is 23.4. The maximum atomic E-state index is 13.0. The van der Waals surface area contributed by atoms with E-state index in [0.717, 1.165) is 28.3 Å². The fourth-order valence-electron chi connectivity index (χ4n) is 3.56. The number of nitrogens with zero attached hydrogens (tertiary/aromatic N) is 1. The van der Waals surface area contributed by atoms with Gasteiger partial charge in [0.05, 0.1) is 17.7 Å². The zero-order valence-electron chi connectivity index (χ0n) is 18.9. The van der Waals surface area contributed by atoms with Gasteiger partial charge in [0.2, 0.25) is 0 Å². The molecule has 1 N–H and O–H groups in total. The first-order valence-electron chi connectivity index (χ1n) is 10.7. The van der Waals surface area contributed by atoms with Crippen LogP contribution in [0.15, 0.2) is 76.5 Å². The van der Waals surface area contributed by atoms with E-state index in [1.165, 1.54) is 22.9 Å². The third kappa shape index (κ3) is 5.29. The van der Waals surface area contributed by atoms with Gasteiger partial charge in [-0.1, -0.05) is 53.7 Å². The highest BCUT2D eigenvalue weighted by Crippen LogP contribution is 2.42. The van der Waals surface area contributed by atoms with Gasteiger partial charge in [0, 0.05) is 24.1 Å². The van der Waals surface area contributed by atoms with Crippen molar-refractivity contribution >= 4 is 35.3 Å². The summed E-state index contributed by atoms with van der Waals surface area (Å²) in [5, 5.41) is 2.97. The van der Waals surface area contributed by atoms with Crippen molar-refractivity contribution in [1.82, 2.24) is 5.32 Å². The molecule has 1 aliphatic heterocycles. The van der Waals surface area contributed by atoms with Crippen molar-refractivity contribution in [1.29, 1.82) is 0 Å². The predicted octanol–water partition coefficient (Wildman–Crippen LogP) is 5.09. The van der Waals surface area contributed by atoms with Gasteiger partial charge in [-0.25, -0.2) is 0 Å². The number of likely N-dealkylation sites (N-methyl/N-ethyl adjacent to an activating group) is 1. The zero-order valence-corrected chi connectivity index (χ0v) is 19.7. The molecule has 4 rings (SSSR count). The van der Waals surface area contributed by atoms with Crippen LogP contribution in [0, 0.1) is 6.92 Å². The van der Waals surface area contributed by atoms with Crippen LogP contribution in [0.3, 0.4) is 0 Å². The van der Waals surface area contributed by atoms with Crippen LogP contribution in [0.25, 0.3) is 6.08 Å². The fourth-order valence-corrected chi connectivity index (χ4v) is 4.66. The molecule has 1 heterocycles. The summed E-state index contributed by atoms with van der Waals surface area (Å²) in [5.41, 5.74) is 4.61. The van der Waals surface area contributed by atoms with Crippen LogP contribution >= 0.6 is 11.8 Å². The molecule has 0 aromatic heterocycles. The largest absolute Gasteiger partial charge is 0.497 e. The van der Waals surface area contributed by atoms with E-state index in [1.807, 2.05) is 42.5 Å². The van der Waals surface area contributed by atoms with E-state index in [4.69, 9.17) is 4.74 Å². The molecule has 6 heteroatoms. The number of nitrogens with one attached hydrogen (secondary N) is 1. The van der Waals surface area contributed by atoms with Crippen LogP contribution in [0.4, 0.5) is 5.69 Å². The minimum Gasteiger partial charge on any atom is -0.497 e. The van der Waals surface area contributed by atoms with E-state index in [1.54, 1.807) is 25.1 Å². The number of carbonyl (C=O) groups is 2. The first-order valence-corrected chi connectivity index (χ1v) is 11.6. The molecule has 3 aromatic rings. The number of carbonyl (C=O) groups excluding carboxylic acids is 2. The number of benzene rings is 3. The average Bonchev–Trinajstić information content (AvgIpc) is 2.84. The van der Waals surface area contributed by atoms with Crippen LogP contribution in [0.5, 0.6) is 5.75 Å². The molecule has 0 aliphatic carbocycles. The third-order valence-electron chi connectivity index (χ3n) is 5.55. The summed E-state index contributed by atoms with van der Waals surface area (Å²) >= 11 is 1.42. The Labute approximate surface area is 198 Å². The van der Waals surface area contributed by atoms with Crippen LogP contribution < -0.4 is 15.0 Å². The molecular formula is C27H26N2O3S. The van der Waals surface area contributed by atoms with Crippen LogP contribution in [-0.2, 0) is 11.2 Å². The molecule has 0 saturated carbocycles. The number of aryl methyl sites for hydroxylation is 1. The summed E-state index contributed by atoms with van der Waals surface area (Å²) in [4.78, 5) is 28.8. The second kappa shape index (κ2) is 9.96. The summed E-state index contributed by atoms with van der Waals surface area (Å²) in [6.45, 7) is 2.61. The summed E-state index contributed by atoms with van der Waals surface area (Å²) in [5.74, 6) is 0.530. The number of thioether (sulfide) groups is 1. The molecule has 0 bridgehead atoms. The average molecular weight is 459 g/mol. The molecule has 1 aliphatic rings. The minimum atomic E-state index is -0.143. The molecule has 0 spiro atoms. The number of hydrogen-bond donors (Lipinski definition) is 1. The van der Waals surface area contributed by atoms with Crippen LogP contribution in [-0.4, -0.2) is 32.5 Å². The van der Waals surface area contributed by atoms with Gasteiger partial charge in [0.15, 0.2) is 0 Å². The molecule has 0 radical (unpaired) electrons. The summed E-state index contributed by atoms with van der Waals surface area (Å²) < 4.78 is 5.19. The Morgan fingerprint density at radius 1 is 1.06 bits per heavy atom. The smallest absolute Gasteiger partial charge is 0.264 e. The quantitative estimate of drug-likeness (QED) is 0.523. The normalized spacial score (nSPS) is 14.2. The molecule has 0 unspecified atom stereocenters. The Hall–Kier alpha value is -3.51. The van der Waals surface area contributed by atoms with E-state index in [0.29, 0.717) is 17.0 Å². The monoisotopic (exact) mass is 458 g/mol. The van der Waals surface area contributed by atoms with E-state index in [-0.39, 0.29) is 11.8 Å². The second-order valence-electron chi connectivity index (χ2n) is 7.92. The minimum absolute atomic E-state index is 0.0970.